The molecule has 2 aromatic rings. The van der Waals surface area contributed by atoms with Gasteiger partial charge in [0.25, 0.3) is 15.7 Å². The minimum atomic E-state index is -4.01. The fourth-order valence-corrected chi connectivity index (χ4v) is 4.09. The van der Waals surface area contributed by atoms with Gasteiger partial charge in [-0.25, -0.2) is 8.42 Å². The van der Waals surface area contributed by atoms with Crippen LogP contribution in [0.15, 0.2) is 53.4 Å². The summed E-state index contributed by atoms with van der Waals surface area (Å²) in [6.07, 6.45) is -0.908. The molecule has 0 aliphatic carbocycles. The lowest BCUT2D eigenvalue weighted by Crippen LogP contribution is -2.41. The second-order valence-corrected chi connectivity index (χ2v) is 8.40. The molecule has 2 aromatic carbocycles. The summed E-state index contributed by atoms with van der Waals surface area (Å²) in [5.74, 6) is 0. The molecule has 2 rings (SSSR count). The Morgan fingerprint density at radius 1 is 1.04 bits per heavy atom. The fourth-order valence-electron chi connectivity index (χ4n) is 2.59. The number of nitrogens with zero attached hydrogens (tertiary/aromatic N) is 3. The Labute approximate surface area is 158 Å². The number of rotatable bonds is 8. The van der Waals surface area contributed by atoms with E-state index in [2.05, 4.69) is 0 Å². The van der Waals surface area contributed by atoms with Crippen molar-refractivity contribution in [3.05, 3.63) is 64.2 Å². The molecule has 0 aliphatic rings. The van der Waals surface area contributed by atoms with E-state index in [-0.39, 0.29) is 23.7 Å². The molecule has 0 spiro atoms. The van der Waals surface area contributed by atoms with E-state index in [9.17, 15) is 23.6 Å². The highest BCUT2D eigenvalue weighted by Gasteiger charge is 2.28. The maximum Gasteiger partial charge on any atom is 0.269 e. The van der Waals surface area contributed by atoms with Gasteiger partial charge in [0.15, 0.2) is 0 Å². The highest BCUT2D eigenvalue weighted by molar-refractivity contribution is 7.92. The van der Waals surface area contributed by atoms with E-state index in [0.29, 0.717) is 5.69 Å². The van der Waals surface area contributed by atoms with Crippen LogP contribution in [0.3, 0.4) is 0 Å². The van der Waals surface area contributed by atoms with Crippen molar-refractivity contribution < 1.29 is 18.4 Å². The molecule has 146 valence electrons. The van der Waals surface area contributed by atoms with E-state index in [1.807, 2.05) is 6.92 Å². The number of non-ortho nitro benzene ring substituents is 1. The van der Waals surface area contributed by atoms with Crippen LogP contribution in [-0.4, -0.2) is 56.6 Å². The first-order valence-electron chi connectivity index (χ1n) is 8.28. The van der Waals surface area contributed by atoms with Crippen molar-refractivity contribution in [3.8, 4) is 0 Å². The lowest BCUT2D eigenvalue weighted by Gasteiger charge is -2.28. The average Bonchev–Trinajstić information content (AvgIpc) is 2.60. The smallest absolute Gasteiger partial charge is 0.269 e. The number of nitro groups is 1. The second kappa shape index (κ2) is 8.47. The van der Waals surface area contributed by atoms with Crippen LogP contribution >= 0.6 is 0 Å². The SMILES string of the molecule is Cc1ccc(N(C[C@H](O)CN(C)C)S(=O)(=O)c2ccc([N+](=O)[O-])cc2)cc1. The van der Waals surface area contributed by atoms with Crippen LogP contribution in [0.1, 0.15) is 5.56 Å². The monoisotopic (exact) mass is 393 g/mol. The fraction of sp³-hybridized carbons (Fsp3) is 0.333. The Morgan fingerprint density at radius 3 is 2.07 bits per heavy atom. The lowest BCUT2D eigenvalue weighted by atomic mass is 10.2. The highest BCUT2D eigenvalue weighted by Crippen LogP contribution is 2.26. The number of aliphatic hydroxyl groups is 1. The van der Waals surface area contributed by atoms with Crippen LogP contribution in [0, 0.1) is 17.0 Å². The van der Waals surface area contributed by atoms with E-state index in [0.717, 1.165) is 22.0 Å². The average molecular weight is 393 g/mol. The van der Waals surface area contributed by atoms with Crippen molar-refractivity contribution in [2.75, 3.05) is 31.5 Å². The predicted molar refractivity (Wildman–Crippen MR) is 103 cm³/mol. The van der Waals surface area contributed by atoms with Crippen LogP contribution in [0.2, 0.25) is 0 Å². The van der Waals surface area contributed by atoms with E-state index in [4.69, 9.17) is 0 Å². The second-order valence-electron chi connectivity index (χ2n) is 6.54. The van der Waals surface area contributed by atoms with Gasteiger partial charge in [-0.3, -0.25) is 14.4 Å². The number of hydrogen-bond donors (Lipinski definition) is 1. The summed E-state index contributed by atoms with van der Waals surface area (Å²) in [6.45, 7) is 2.04. The number of aliphatic hydroxyl groups excluding tert-OH is 1. The number of nitro benzene ring substituents is 1. The molecular weight excluding hydrogens is 370 g/mol. The van der Waals surface area contributed by atoms with Crippen molar-refractivity contribution in [1.82, 2.24) is 4.90 Å². The molecule has 1 N–H and O–H groups in total. The first kappa shape index (κ1) is 20.8. The minimum Gasteiger partial charge on any atom is -0.390 e. The van der Waals surface area contributed by atoms with E-state index in [1.165, 1.54) is 12.1 Å². The third kappa shape index (κ3) is 5.25. The van der Waals surface area contributed by atoms with Gasteiger partial charge in [-0.15, -0.1) is 0 Å². The molecule has 1 atom stereocenters. The predicted octanol–water partition coefficient (Wildman–Crippen LogP) is 2.02. The number of sulfonamides is 1. The van der Waals surface area contributed by atoms with Gasteiger partial charge in [0.05, 0.1) is 28.2 Å². The number of benzene rings is 2. The molecule has 0 fully saturated rings. The van der Waals surface area contributed by atoms with E-state index >= 15 is 0 Å². The summed E-state index contributed by atoms with van der Waals surface area (Å²) in [6, 6.07) is 11.6. The minimum absolute atomic E-state index is 0.0780. The first-order chi connectivity index (χ1) is 12.6. The largest absolute Gasteiger partial charge is 0.390 e. The molecular formula is C18H23N3O5S. The van der Waals surface area contributed by atoms with Gasteiger partial charge in [0.1, 0.15) is 0 Å². The van der Waals surface area contributed by atoms with Gasteiger partial charge in [-0.2, -0.15) is 0 Å². The van der Waals surface area contributed by atoms with E-state index < -0.39 is 21.1 Å². The van der Waals surface area contributed by atoms with Crippen molar-refractivity contribution >= 4 is 21.4 Å². The zero-order chi connectivity index (χ0) is 20.2. The van der Waals surface area contributed by atoms with Crippen molar-refractivity contribution in [2.24, 2.45) is 0 Å². The van der Waals surface area contributed by atoms with E-state index in [1.54, 1.807) is 43.3 Å². The summed E-state index contributed by atoms with van der Waals surface area (Å²) >= 11 is 0. The Balaban J connectivity index is 2.43. The van der Waals surface area contributed by atoms with Gasteiger partial charge in [-0.1, -0.05) is 17.7 Å². The number of hydrogen-bond acceptors (Lipinski definition) is 6. The highest BCUT2D eigenvalue weighted by atomic mass is 32.2. The normalized spacial score (nSPS) is 12.8. The van der Waals surface area contributed by atoms with Crippen molar-refractivity contribution in [3.63, 3.8) is 0 Å². The summed E-state index contributed by atoms with van der Waals surface area (Å²) < 4.78 is 27.4. The lowest BCUT2D eigenvalue weighted by molar-refractivity contribution is -0.384. The molecule has 0 saturated carbocycles. The van der Waals surface area contributed by atoms with Gasteiger partial charge in [-0.05, 0) is 45.3 Å². The number of likely N-dealkylation sites (N-methyl/N-ethyl adjacent to an activating group) is 1. The van der Waals surface area contributed by atoms with Gasteiger partial charge >= 0.3 is 0 Å². The van der Waals surface area contributed by atoms with Gasteiger partial charge in [0.2, 0.25) is 0 Å². The van der Waals surface area contributed by atoms with Crippen molar-refractivity contribution in [1.29, 1.82) is 0 Å². The Morgan fingerprint density at radius 2 is 1.59 bits per heavy atom. The molecule has 0 bridgehead atoms. The van der Waals surface area contributed by atoms with Crippen molar-refractivity contribution in [2.45, 2.75) is 17.9 Å². The molecule has 0 amide bonds. The maximum atomic E-state index is 13.2. The quantitative estimate of drug-likeness (QED) is 0.544. The molecule has 8 nitrogen and oxygen atoms in total. The maximum absolute atomic E-state index is 13.2. The third-order valence-corrected chi connectivity index (χ3v) is 5.72. The molecule has 0 aromatic heterocycles. The topological polar surface area (TPSA) is 104 Å². The summed E-state index contributed by atoms with van der Waals surface area (Å²) in [5.41, 5.74) is 1.19. The van der Waals surface area contributed by atoms with Crippen LogP contribution in [0.4, 0.5) is 11.4 Å². The van der Waals surface area contributed by atoms with Gasteiger partial charge < -0.3 is 10.0 Å². The Hall–Kier alpha value is -2.49. The molecule has 0 radical (unpaired) electrons. The standard InChI is InChI=1S/C18H23N3O5S/c1-14-4-6-15(7-5-14)20(13-17(22)12-19(2)3)27(25,26)18-10-8-16(9-11-18)21(23)24/h4-11,17,22H,12-13H2,1-3H3/t17-/m1/s1. The Bertz CT molecular complexity index is 880. The number of anilines is 1. The summed E-state index contributed by atoms with van der Waals surface area (Å²) in [7, 11) is -0.444. The Kier molecular flexibility index (Phi) is 6.53. The first-order valence-corrected chi connectivity index (χ1v) is 9.72. The number of aryl methyl sites for hydroxylation is 1. The summed E-state index contributed by atoms with van der Waals surface area (Å²) in [4.78, 5) is 11.9. The van der Waals surface area contributed by atoms with Crippen LogP contribution in [0.5, 0.6) is 0 Å². The molecule has 0 saturated heterocycles. The van der Waals surface area contributed by atoms with Crippen LogP contribution in [0.25, 0.3) is 0 Å². The molecule has 0 heterocycles. The molecule has 0 unspecified atom stereocenters. The molecule has 27 heavy (non-hydrogen) atoms. The zero-order valence-electron chi connectivity index (χ0n) is 15.4. The van der Waals surface area contributed by atoms with Crippen LogP contribution in [-0.2, 0) is 10.0 Å². The van der Waals surface area contributed by atoms with Crippen LogP contribution < -0.4 is 4.31 Å². The van der Waals surface area contributed by atoms with Gasteiger partial charge in [0, 0.05) is 18.7 Å². The third-order valence-electron chi connectivity index (χ3n) is 3.91. The summed E-state index contributed by atoms with van der Waals surface area (Å²) in [5, 5.41) is 21.1. The zero-order valence-corrected chi connectivity index (χ0v) is 16.3. The molecule has 0 aliphatic heterocycles. The molecule has 9 heteroatoms.